The van der Waals surface area contributed by atoms with Crippen LogP contribution in [0.2, 0.25) is 0 Å². The summed E-state index contributed by atoms with van der Waals surface area (Å²) in [6.45, 7) is 6.55. The van der Waals surface area contributed by atoms with Gasteiger partial charge in [-0.1, -0.05) is 26.0 Å². The van der Waals surface area contributed by atoms with E-state index in [4.69, 9.17) is 16.2 Å². The fourth-order valence-corrected chi connectivity index (χ4v) is 2.37. The van der Waals surface area contributed by atoms with E-state index in [1.165, 1.54) is 0 Å². The third-order valence-electron chi connectivity index (χ3n) is 3.99. The third kappa shape index (κ3) is 3.73. The van der Waals surface area contributed by atoms with Crippen LogP contribution in [0.1, 0.15) is 32.8 Å². The Morgan fingerprint density at radius 1 is 1.30 bits per heavy atom. The molecule has 20 heavy (non-hydrogen) atoms. The van der Waals surface area contributed by atoms with Crippen molar-refractivity contribution in [1.29, 1.82) is 0 Å². The van der Waals surface area contributed by atoms with Crippen LogP contribution in [-0.2, 0) is 16.0 Å². The van der Waals surface area contributed by atoms with Crippen molar-refractivity contribution in [3.05, 3.63) is 29.8 Å². The van der Waals surface area contributed by atoms with Crippen molar-refractivity contribution in [3.8, 4) is 0 Å². The molecular weight excluding hydrogens is 252 g/mol. The number of aryl methyl sites for hydroxylation is 1. The van der Waals surface area contributed by atoms with Gasteiger partial charge in [0.2, 0.25) is 0 Å². The van der Waals surface area contributed by atoms with Gasteiger partial charge in [-0.15, -0.1) is 0 Å². The van der Waals surface area contributed by atoms with Crippen molar-refractivity contribution in [2.75, 3.05) is 18.9 Å². The lowest BCUT2D eigenvalue weighted by molar-refractivity contribution is -0.158. The molecule has 4 heteroatoms. The number of nitrogen functional groups attached to an aromatic ring is 1. The Morgan fingerprint density at radius 2 is 1.90 bits per heavy atom. The summed E-state index contributed by atoms with van der Waals surface area (Å²) < 4.78 is 5.23. The highest BCUT2D eigenvalue weighted by Gasteiger charge is 2.41. The molecule has 1 unspecified atom stereocenters. The van der Waals surface area contributed by atoms with Crippen LogP contribution < -0.4 is 11.5 Å². The zero-order valence-electron chi connectivity index (χ0n) is 12.7. The molecule has 4 nitrogen and oxygen atoms in total. The smallest absolute Gasteiger partial charge is 0.313 e. The highest BCUT2D eigenvalue weighted by molar-refractivity contribution is 5.77. The van der Waals surface area contributed by atoms with Crippen molar-refractivity contribution < 1.29 is 9.53 Å². The SMILES string of the molecule is CCOC(=O)C(CN)(CCc1ccc(N)cc1)C(C)C. The monoisotopic (exact) mass is 278 g/mol. The molecule has 0 amide bonds. The third-order valence-corrected chi connectivity index (χ3v) is 3.99. The molecule has 0 radical (unpaired) electrons. The van der Waals surface area contributed by atoms with Crippen LogP contribution in [0.4, 0.5) is 5.69 Å². The van der Waals surface area contributed by atoms with E-state index in [1.807, 2.05) is 45.0 Å². The number of hydrogen-bond acceptors (Lipinski definition) is 4. The number of anilines is 1. The first kappa shape index (κ1) is 16.5. The summed E-state index contributed by atoms with van der Waals surface area (Å²) in [5.74, 6) is -0.0479. The van der Waals surface area contributed by atoms with Crippen LogP contribution in [0.3, 0.4) is 0 Å². The molecule has 4 N–H and O–H groups in total. The molecule has 0 bridgehead atoms. The van der Waals surface area contributed by atoms with Gasteiger partial charge >= 0.3 is 5.97 Å². The number of ether oxygens (including phenoxy) is 1. The number of nitrogens with two attached hydrogens (primary N) is 2. The normalized spacial score (nSPS) is 14.1. The molecule has 1 aromatic rings. The second-order valence-corrected chi connectivity index (χ2v) is 5.48. The number of esters is 1. The molecule has 0 saturated carbocycles. The van der Waals surface area contributed by atoms with Crippen LogP contribution in [-0.4, -0.2) is 19.1 Å². The van der Waals surface area contributed by atoms with Crippen molar-refractivity contribution in [1.82, 2.24) is 0 Å². The number of rotatable bonds is 7. The van der Waals surface area contributed by atoms with E-state index in [0.29, 0.717) is 19.6 Å². The molecule has 0 aliphatic heterocycles. The summed E-state index contributed by atoms with van der Waals surface area (Å²) in [4.78, 5) is 12.3. The molecule has 0 heterocycles. The molecule has 112 valence electrons. The van der Waals surface area contributed by atoms with Gasteiger partial charge in [0.05, 0.1) is 12.0 Å². The van der Waals surface area contributed by atoms with E-state index >= 15 is 0 Å². The summed E-state index contributed by atoms with van der Waals surface area (Å²) >= 11 is 0. The molecule has 0 aromatic heterocycles. The minimum Gasteiger partial charge on any atom is -0.466 e. The molecule has 0 aliphatic carbocycles. The fraction of sp³-hybridized carbons (Fsp3) is 0.562. The molecule has 1 rings (SSSR count). The maximum Gasteiger partial charge on any atom is 0.313 e. The summed E-state index contributed by atoms with van der Waals surface area (Å²) in [7, 11) is 0. The number of benzene rings is 1. The van der Waals surface area contributed by atoms with Crippen molar-refractivity contribution in [3.63, 3.8) is 0 Å². The Hall–Kier alpha value is -1.55. The maximum atomic E-state index is 12.3. The molecular formula is C16H26N2O2. The number of hydrogen-bond donors (Lipinski definition) is 2. The second-order valence-electron chi connectivity index (χ2n) is 5.48. The first-order valence-electron chi connectivity index (χ1n) is 7.18. The summed E-state index contributed by atoms with van der Waals surface area (Å²) in [6, 6.07) is 7.72. The summed E-state index contributed by atoms with van der Waals surface area (Å²) in [5.41, 5.74) is 12.9. The quantitative estimate of drug-likeness (QED) is 0.593. The minimum absolute atomic E-state index is 0.139. The second kappa shape index (κ2) is 7.29. The topological polar surface area (TPSA) is 78.3 Å². The summed E-state index contributed by atoms with van der Waals surface area (Å²) in [6.07, 6.45) is 1.47. The van der Waals surface area contributed by atoms with Gasteiger partial charge < -0.3 is 16.2 Å². The zero-order chi connectivity index (χ0) is 15.2. The predicted octanol–water partition coefficient (Wildman–Crippen LogP) is 2.37. The molecule has 0 spiro atoms. The Kier molecular flexibility index (Phi) is 6.02. The minimum atomic E-state index is -0.614. The lowest BCUT2D eigenvalue weighted by atomic mass is 9.73. The molecule has 0 fully saturated rings. The largest absolute Gasteiger partial charge is 0.466 e. The first-order chi connectivity index (χ1) is 9.46. The van der Waals surface area contributed by atoms with E-state index in [1.54, 1.807) is 0 Å². The lowest BCUT2D eigenvalue weighted by Crippen LogP contribution is -2.44. The van der Waals surface area contributed by atoms with E-state index in [9.17, 15) is 4.79 Å². The first-order valence-corrected chi connectivity index (χ1v) is 7.18. The molecule has 1 aromatic carbocycles. The van der Waals surface area contributed by atoms with Gasteiger partial charge in [0, 0.05) is 12.2 Å². The van der Waals surface area contributed by atoms with E-state index in [2.05, 4.69) is 0 Å². The van der Waals surface area contributed by atoms with Crippen LogP contribution >= 0.6 is 0 Å². The molecule has 1 atom stereocenters. The van der Waals surface area contributed by atoms with Crippen molar-refractivity contribution >= 4 is 11.7 Å². The average molecular weight is 278 g/mol. The van der Waals surface area contributed by atoms with E-state index < -0.39 is 5.41 Å². The van der Waals surface area contributed by atoms with Gasteiger partial charge in [-0.2, -0.15) is 0 Å². The Labute approximate surface area is 121 Å². The Balaban J connectivity index is 2.84. The Bertz CT molecular complexity index is 429. The van der Waals surface area contributed by atoms with Crippen molar-refractivity contribution in [2.45, 2.75) is 33.6 Å². The average Bonchev–Trinajstić information content (AvgIpc) is 2.42. The fourth-order valence-electron chi connectivity index (χ4n) is 2.37. The van der Waals surface area contributed by atoms with Gasteiger partial charge in [-0.05, 0) is 43.4 Å². The highest BCUT2D eigenvalue weighted by atomic mass is 16.5. The van der Waals surface area contributed by atoms with Gasteiger partial charge in [-0.3, -0.25) is 4.79 Å². The van der Waals surface area contributed by atoms with E-state index in [-0.39, 0.29) is 11.9 Å². The molecule has 0 aliphatic rings. The Morgan fingerprint density at radius 3 is 2.35 bits per heavy atom. The highest BCUT2D eigenvalue weighted by Crippen LogP contribution is 2.33. The van der Waals surface area contributed by atoms with Crippen LogP contribution in [0, 0.1) is 11.3 Å². The number of carbonyl (C=O) groups excluding carboxylic acids is 1. The molecule has 0 saturated heterocycles. The van der Waals surface area contributed by atoms with Crippen LogP contribution in [0.25, 0.3) is 0 Å². The van der Waals surface area contributed by atoms with E-state index in [0.717, 1.165) is 17.7 Å². The van der Waals surface area contributed by atoms with Crippen LogP contribution in [0.5, 0.6) is 0 Å². The maximum absolute atomic E-state index is 12.3. The predicted molar refractivity (Wildman–Crippen MR) is 82.1 cm³/mol. The number of carbonyl (C=O) groups is 1. The zero-order valence-corrected chi connectivity index (χ0v) is 12.7. The summed E-state index contributed by atoms with van der Waals surface area (Å²) in [5, 5.41) is 0. The standard InChI is InChI=1S/C16H26N2O2/c1-4-20-15(19)16(11-17,12(2)3)10-9-13-5-7-14(18)8-6-13/h5-8,12H,4,9-11,17-18H2,1-3H3. The van der Waals surface area contributed by atoms with Crippen LogP contribution in [0.15, 0.2) is 24.3 Å². The van der Waals surface area contributed by atoms with Gasteiger partial charge in [0.25, 0.3) is 0 Å². The lowest BCUT2D eigenvalue weighted by Gasteiger charge is -2.34. The van der Waals surface area contributed by atoms with Gasteiger partial charge in [0.1, 0.15) is 0 Å². The van der Waals surface area contributed by atoms with Gasteiger partial charge in [0.15, 0.2) is 0 Å². The van der Waals surface area contributed by atoms with Crippen molar-refractivity contribution in [2.24, 2.45) is 17.1 Å². The van der Waals surface area contributed by atoms with Gasteiger partial charge in [-0.25, -0.2) is 0 Å².